The summed E-state index contributed by atoms with van der Waals surface area (Å²) in [5.41, 5.74) is 6.79. The minimum Gasteiger partial charge on any atom is -0.399 e. The zero-order valence-electron chi connectivity index (χ0n) is 10.4. The van der Waals surface area contributed by atoms with Crippen molar-refractivity contribution in [1.82, 2.24) is 4.31 Å². The first-order valence-electron chi connectivity index (χ1n) is 5.53. The maximum atomic E-state index is 12.2. The first-order chi connectivity index (χ1) is 7.93. The van der Waals surface area contributed by atoms with Crippen LogP contribution in [0.3, 0.4) is 0 Å². The molecule has 0 aliphatic rings. The van der Waals surface area contributed by atoms with Crippen molar-refractivity contribution in [2.45, 2.75) is 13.8 Å². The van der Waals surface area contributed by atoms with Gasteiger partial charge >= 0.3 is 10.2 Å². The van der Waals surface area contributed by atoms with Crippen molar-refractivity contribution in [3.05, 3.63) is 24.3 Å². The summed E-state index contributed by atoms with van der Waals surface area (Å²) in [7, 11) is -1.90. The third kappa shape index (κ3) is 2.89. The van der Waals surface area contributed by atoms with Crippen LogP contribution in [0.2, 0.25) is 0 Å². The van der Waals surface area contributed by atoms with E-state index in [1.54, 1.807) is 31.3 Å². The van der Waals surface area contributed by atoms with Gasteiger partial charge in [0.15, 0.2) is 0 Å². The molecule has 0 aliphatic carbocycles. The largest absolute Gasteiger partial charge is 0.399 e. The standard InChI is InChI=1S/C11H19N3O2S/c1-4-14(5-2)17(15,16)13(3)11-8-6-10(12)7-9-11/h6-9H,4-5,12H2,1-3H3. The van der Waals surface area contributed by atoms with Gasteiger partial charge in [0.1, 0.15) is 0 Å². The number of rotatable bonds is 5. The van der Waals surface area contributed by atoms with Crippen LogP contribution >= 0.6 is 0 Å². The SMILES string of the molecule is CCN(CC)S(=O)(=O)N(C)c1ccc(N)cc1. The summed E-state index contributed by atoms with van der Waals surface area (Å²) in [5, 5.41) is 0. The van der Waals surface area contributed by atoms with Gasteiger partial charge in [0, 0.05) is 25.8 Å². The molecule has 17 heavy (non-hydrogen) atoms. The Bertz CT molecular complexity index is 452. The predicted octanol–water partition coefficient (Wildman–Crippen LogP) is 1.29. The molecule has 0 unspecified atom stereocenters. The monoisotopic (exact) mass is 257 g/mol. The first kappa shape index (κ1) is 13.8. The summed E-state index contributed by atoms with van der Waals surface area (Å²) in [6.45, 7) is 4.55. The number of hydrogen-bond acceptors (Lipinski definition) is 3. The molecular weight excluding hydrogens is 238 g/mol. The first-order valence-corrected chi connectivity index (χ1v) is 6.92. The van der Waals surface area contributed by atoms with Crippen LogP contribution in [0.1, 0.15) is 13.8 Å². The van der Waals surface area contributed by atoms with E-state index in [0.717, 1.165) is 0 Å². The lowest BCUT2D eigenvalue weighted by Gasteiger charge is -2.26. The third-order valence-electron chi connectivity index (χ3n) is 2.63. The van der Waals surface area contributed by atoms with Crippen LogP contribution in [0.5, 0.6) is 0 Å². The Morgan fingerprint density at radius 3 is 2.00 bits per heavy atom. The van der Waals surface area contributed by atoms with E-state index < -0.39 is 10.2 Å². The van der Waals surface area contributed by atoms with E-state index in [9.17, 15) is 8.42 Å². The molecule has 0 heterocycles. The van der Waals surface area contributed by atoms with Crippen LogP contribution in [0.25, 0.3) is 0 Å². The maximum absolute atomic E-state index is 12.2. The summed E-state index contributed by atoms with van der Waals surface area (Å²) in [6, 6.07) is 6.75. The number of nitrogens with two attached hydrogens (primary N) is 1. The number of nitrogen functional groups attached to an aromatic ring is 1. The lowest BCUT2D eigenvalue weighted by atomic mass is 10.3. The molecule has 0 aliphatic heterocycles. The van der Waals surface area contributed by atoms with Crippen molar-refractivity contribution >= 4 is 21.6 Å². The average Bonchev–Trinajstić information content (AvgIpc) is 2.30. The van der Waals surface area contributed by atoms with Gasteiger partial charge < -0.3 is 5.73 Å². The fraction of sp³-hybridized carbons (Fsp3) is 0.455. The fourth-order valence-electron chi connectivity index (χ4n) is 1.54. The van der Waals surface area contributed by atoms with Crippen LogP contribution < -0.4 is 10.0 Å². The summed E-state index contributed by atoms with van der Waals surface area (Å²) >= 11 is 0. The normalized spacial score (nSPS) is 11.8. The Labute approximate surface area is 103 Å². The van der Waals surface area contributed by atoms with E-state index in [-0.39, 0.29) is 0 Å². The second-order valence-electron chi connectivity index (χ2n) is 3.65. The molecule has 6 heteroatoms. The molecule has 0 spiro atoms. The molecule has 0 radical (unpaired) electrons. The lowest BCUT2D eigenvalue weighted by molar-refractivity contribution is 0.444. The van der Waals surface area contributed by atoms with Crippen molar-refractivity contribution in [2.24, 2.45) is 0 Å². The van der Waals surface area contributed by atoms with Gasteiger partial charge in [-0.2, -0.15) is 12.7 Å². The zero-order valence-corrected chi connectivity index (χ0v) is 11.2. The van der Waals surface area contributed by atoms with Crippen molar-refractivity contribution in [3.63, 3.8) is 0 Å². The smallest absolute Gasteiger partial charge is 0.303 e. The highest BCUT2D eigenvalue weighted by Gasteiger charge is 2.24. The van der Waals surface area contributed by atoms with Crippen LogP contribution in [0.15, 0.2) is 24.3 Å². The van der Waals surface area contributed by atoms with Crippen LogP contribution in [0.4, 0.5) is 11.4 Å². The molecule has 5 nitrogen and oxygen atoms in total. The van der Waals surface area contributed by atoms with Gasteiger partial charge in [-0.05, 0) is 24.3 Å². The molecule has 0 fully saturated rings. The van der Waals surface area contributed by atoms with Crippen LogP contribution in [-0.4, -0.2) is 32.9 Å². The van der Waals surface area contributed by atoms with E-state index in [2.05, 4.69) is 0 Å². The van der Waals surface area contributed by atoms with Crippen LogP contribution in [-0.2, 0) is 10.2 Å². The minimum atomic E-state index is -3.44. The Morgan fingerprint density at radius 1 is 1.12 bits per heavy atom. The van der Waals surface area contributed by atoms with Crippen molar-refractivity contribution in [3.8, 4) is 0 Å². The van der Waals surface area contributed by atoms with E-state index in [1.165, 1.54) is 8.61 Å². The molecule has 2 N–H and O–H groups in total. The minimum absolute atomic E-state index is 0.456. The molecule has 0 saturated heterocycles. The number of hydrogen-bond donors (Lipinski definition) is 1. The van der Waals surface area contributed by atoms with Crippen LogP contribution in [0, 0.1) is 0 Å². The molecule has 1 aromatic rings. The van der Waals surface area contributed by atoms with E-state index >= 15 is 0 Å². The highest BCUT2D eigenvalue weighted by molar-refractivity contribution is 7.90. The second kappa shape index (κ2) is 5.37. The molecule has 96 valence electrons. The van der Waals surface area contributed by atoms with Crippen molar-refractivity contribution < 1.29 is 8.42 Å². The quantitative estimate of drug-likeness (QED) is 0.808. The Balaban J connectivity index is 3.03. The molecule has 1 aromatic carbocycles. The zero-order chi connectivity index (χ0) is 13.1. The summed E-state index contributed by atoms with van der Waals surface area (Å²) in [5.74, 6) is 0. The maximum Gasteiger partial charge on any atom is 0.303 e. The number of nitrogens with zero attached hydrogens (tertiary/aromatic N) is 2. The third-order valence-corrected chi connectivity index (χ3v) is 4.71. The fourth-order valence-corrected chi connectivity index (χ4v) is 2.93. The van der Waals surface area contributed by atoms with Gasteiger partial charge in [0.2, 0.25) is 0 Å². The van der Waals surface area contributed by atoms with Gasteiger partial charge in [-0.3, -0.25) is 4.31 Å². The molecule has 1 rings (SSSR count). The highest BCUT2D eigenvalue weighted by atomic mass is 32.2. The molecular formula is C11H19N3O2S. The molecule has 0 aromatic heterocycles. The van der Waals surface area contributed by atoms with Gasteiger partial charge in [-0.25, -0.2) is 0 Å². The average molecular weight is 257 g/mol. The number of anilines is 2. The summed E-state index contributed by atoms with van der Waals surface area (Å²) < 4.78 is 27.1. The molecule has 0 saturated carbocycles. The topological polar surface area (TPSA) is 66.6 Å². The van der Waals surface area contributed by atoms with Crippen molar-refractivity contribution in [2.75, 3.05) is 30.2 Å². The lowest BCUT2D eigenvalue weighted by Crippen LogP contribution is -2.41. The van der Waals surface area contributed by atoms with E-state index in [1.807, 2.05) is 13.8 Å². The van der Waals surface area contributed by atoms with E-state index in [4.69, 9.17) is 5.73 Å². The van der Waals surface area contributed by atoms with Crippen molar-refractivity contribution in [1.29, 1.82) is 0 Å². The van der Waals surface area contributed by atoms with Gasteiger partial charge in [-0.1, -0.05) is 13.8 Å². The Kier molecular flexibility index (Phi) is 4.36. The van der Waals surface area contributed by atoms with E-state index in [0.29, 0.717) is 24.5 Å². The Hall–Kier alpha value is -1.27. The highest BCUT2D eigenvalue weighted by Crippen LogP contribution is 2.19. The second-order valence-corrected chi connectivity index (χ2v) is 5.61. The van der Waals surface area contributed by atoms with Gasteiger partial charge in [0.25, 0.3) is 0 Å². The van der Waals surface area contributed by atoms with Gasteiger partial charge in [0.05, 0.1) is 5.69 Å². The molecule has 0 bridgehead atoms. The molecule has 0 amide bonds. The summed E-state index contributed by atoms with van der Waals surface area (Å²) in [4.78, 5) is 0. The van der Waals surface area contributed by atoms with Gasteiger partial charge in [-0.15, -0.1) is 0 Å². The predicted molar refractivity (Wildman–Crippen MR) is 71.1 cm³/mol. The Morgan fingerprint density at radius 2 is 1.59 bits per heavy atom. The number of benzene rings is 1. The molecule has 0 atom stereocenters. The summed E-state index contributed by atoms with van der Waals surface area (Å²) in [6.07, 6.45) is 0.